The minimum absolute atomic E-state index is 1.11. The van der Waals surface area contributed by atoms with Crippen molar-refractivity contribution in [2.45, 2.75) is 0 Å². The summed E-state index contributed by atoms with van der Waals surface area (Å²) in [5, 5.41) is 6.48. The molecule has 0 atom stereocenters. The van der Waals surface area contributed by atoms with Crippen LogP contribution < -0.4 is 10.6 Å². The van der Waals surface area contributed by atoms with E-state index in [1.54, 1.807) is 12.4 Å². The first kappa shape index (κ1) is 13.1. The van der Waals surface area contributed by atoms with Gasteiger partial charge in [0.15, 0.2) is 0 Å². The van der Waals surface area contributed by atoms with Gasteiger partial charge in [0.05, 0.1) is 0 Å². The van der Waals surface area contributed by atoms with Gasteiger partial charge in [0.25, 0.3) is 0 Å². The van der Waals surface area contributed by atoms with Gasteiger partial charge >= 0.3 is 0 Å². The Morgan fingerprint density at radius 2 is 1.88 bits per heavy atom. The van der Waals surface area contributed by atoms with E-state index in [1.807, 2.05) is 25.2 Å². The van der Waals surface area contributed by atoms with E-state index in [4.69, 9.17) is 0 Å². The molecule has 1 aliphatic heterocycles. The van der Waals surface area contributed by atoms with Crippen molar-refractivity contribution in [3.05, 3.63) is 30.6 Å². The summed E-state index contributed by atoms with van der Waals surface area (Å²) in [7, 11) is 2.00. The topological polar surface area (TPSA) is 40.2 Å². The van der Waals surface area contributed by atoms with Crippen molar-refractivity contribution < 1.29 is 0 Å². The summed E-state index contributed by atoms with van der Waals surface area (Å²) in [5.41, 5.74) is 0. The molecule has 0 saturated carbocycles. The van der Waals surface area contributed by atoms with Gasteiger partial charge in [-0.1, -0.05) is 6.07 Å². The molecule has 1 aliphatic rings. The molecule has 1 aromatic rings. The highest BCUT2D eigenvalue weighted by atomic mass is 15.2. The smallest absolute Gasteiger partial charge is 0.0267 e. The fourth-order valence-electron chi connectivity index (χ4n) is 1.52. The molecule has 0 unspecified atom stereocenters. The number of hydrogen-bond acceptors (Lipinski definition) is 4. The van der Waals surface area contributed by atoms with Crippen LogP contribution in [0.15, 0.2) is 30.6 Å². The van der Waals surface area contributed by atoms with Gasteiger partial charge in [-0.05, 0) is 19.2 Å². The fraction of sp³-hybridized carbons (Fsp3) is 0.583. The zero-order chi connectivity index (χ0) is 11.5. The maximum atomic E-state index is 3.78. The fourth-order valence-corrected chi connectivity index (χ4v) is 1.52. The molecule has 0 aromatic carbocycles. The third kappa shape index (κ3) is 6.50. The average Bonchev–Trinajstić information content (AvgIpc) is 2.40. The van der Waals surface area contributed by atoms with Crippen LogP contribution in [0.5, 0.6) is 0 Å². The van der Waals surface area contributed by atoms with Gasteiger partial charge < -0.3 is 10.6 Å². The molecule has 0 bridgehead atoms. The van der Waals surface area contributed by atoms with Crippen LogP contribution in [0.3, 0.4) is 0 Å². The third-order valence-corrected chi connectivity index (χ3v) is 2.45. The molecule has 4 heteroatoms. The van der Waals surface area contributed by atoms with Crippen LogP contribution >= 0.6 is 0 Å². The number of rotatable bonds is 3. The second kappa shape index (κ2) is 9.27. The maximum absolute atomic E-state index is 3.78. The second-order valence-corrected chi connectivity index (χ2v) is 3.72. The van der Waals surface area contributed by atoms with Crippen molar-refractivity contribution in [2.24, 2.45) is 0 Å². The van der Waals surface area contributed by atoms with Crippen molar-refractivity contribution in [1.29, 1.82) is 0 Å². The van der Waals surface area contributed by atoms with Crippen molar-refractivity contribution in [3.63, 3.8) is 0 Å². The van der Waals surface area contributed by atoms with Gasteiger partial charge in [-0.25, -0.2) is 0 Å². The summed E-state index contributed by atoms with van der Waals surface area (Å²) in [4.78, 5) is 6.26. The van der Waals surface area contributed by atoms with Crippen molar-refractivity contribution in [3.8, 4) is 0 Å². The summed E-state index contributed by atoms with van der Waals surface area (Å²) in [6.07, 6.45) is 3.50. The Morgan fingerprint density at radius 3 is 2.31 bits per heavy atom. The average molecular weight is 222 g/mol. The summed E-state index contributed by atoms with van der Waals surface area (Å²) >= 11 is 0. The number of likely N-dealkylation sites (N-methyl/N-ethyl adjacent to an activating group) is 1. The van der Waals surface area contributed by atoms with E-state index in [1.165, 1.54) is 19.6 Å². The Kier molecular flexibility index (Phi) is 7.59. The molecule has 0 amide bonds. The third-order valence-electron chi connectivity index (χ3n) is 2.45. The first-order valence-electron chi connectivity index (χ1n) is 5.86. The summed E-state index contributed by atoms with van der Waals surface area (Å²) in [6, 6.07) is 5.72. The Labute approximate surface area is 98.1 Å². The van der Waals surface area contributed by atoms with E-state index >= 15 is 0 Å². The van der Waals surface area contributed by atoms with Gasteiger partial charge in [0, 0.05) is 51.7 Å². The molecule has 2 N–H and O–H groups in total. The van der Waals surface area contributed by atoms with Gasteiger partial charge in [-0.15, -0.1) is 0 Å². The van der Waals surface area contributed by atoms with Crippen LogP contribution in [0.25, 0.3) is 0 Å². The number of nitrogens with one attached hydrogen (secondary N) is 2. The number of piperazine rings is 1. The zero-order valence-corrected chi connectivity index (χ0v) is 10.0. The molecular formula is C12H22N4. The first-order chi connectivity index (χ1) is 7.93. The molecule has 90 valence electrons. The highest BCUT2D eigenvalue weighted by molar-refractivity contribution is 4.88. The lowest BCUT2D eigenvalue weighted by atomic mass is 10.3. The van der Waals surface area contributed by atoms with Crippen LogP contribution in [-0.2, 0) is 0 Å². The molecule has 0 radical (unpaired) electrons. The van der Waals surface area contributed by atoms with Crippen LogP contribution in [0.1, 0.15) is 0 Å². The molecule has 2 heterocycles. The number of aromatic nitrogens is 1. The van der Waals surface area contributed by atoms with E-state index in [0.717, 1.165) is 19.6 Å². The van der Waals surface area contributed by atoms with Crippen LogP contribution in [0, 0.1) is 0 Å². The molecule has 1 saturated heterocycles. The zero-order valence-electron chi connectivity index (χ0n) is 10.0. The Hall–Kier alpha value is -0.970. The normalized spacial score (nSPS) is 16.3. The van der Waals surface area contributed by atoms with Crippen LogP contribution in [-0.4, -0.2) is 56.2 Å². The Morgan fingerprint density at radius 1 is 1.19 bits per heavy atom. The lowest BCUT2D eigenvalue weighted by molar-refractivity contribution is 0.243. The van der Waals surface area contributed by atoms with E-state index < -0.39 is 0 Å². The highest BCUT2D eigenvalue weighted by Crippen LogP contribution is 1.89. The van der Waals surface area contributed by atoms with Gasteiger partial charge in [-0.3, -0.25) is 9.88 Å². The van der Waals surface area contributed by atoms with Crippen LogP contribution in [0.2, 0.25) is 0 Å². The van der Waals surface area contributed by atoms with E-state index in [0.29, 0.717) is 0 Å². The summed E-state index contributed by atoms with van der Waals surface area (Å²) < 4.78 is 0. The minimum Gasteiger partial charge on any atom is -0.318 e. The van der Waals surface area contributed by atoms with Crippen molar-refractivity contribution >= 4 is 0 Å². The molecule has 1 aromatic heterocycles. The van der Waals surface area contributed by atoms with Gasteiger partial charge in [0.1, 0.15) is 0 Å². The minimum atomic E-state index is 1.11. The number of nitrogens with zero attached hydrogens (tertiary/aromatic N) is 2. The highest BCUT2D eigenvalue weighted by Gasteiger charge is 2.06. The molecule has 0 spiro atoms. The lowest BCUT2D eigenvalue weighted by Gasteiger charge is -2.26. The van der Waals surface area contributed by atoms with Gasteiger partial charge in [0.2, 0.25) is 0 Å². The predicted octanol–water partition coefficient (Wildman–Crippen LogP) is 0.193. The lowest BCUT2D eigenvalue weighted by Crippen LogP contribution is -2.45. The molecule has 1 fully saturated rings. The Balaban J connectivity index is 0.000000181. The number of hydrogen-bond donors (Lipinski definition) is 2. The molecule has 4 nitrogen and oxygen atoms in total. The summed E-state index contributed by atoms with van der Waals surface area (Å²) in [6.45, 7) is 7.04. The number of pyridine rings is 1. The molecular weight excluding hydrogens is 200 g/mol. The van der Waals surface area contributed by atoms with Crippen molar-refractivity contribution in [2.75, 3.05) is 46.3 Å². The molecule has 2 rings (SSSR count). The Bertz CT molecular complexity index is 207. The molecule has 16 heavy (non-hydrogen) atoms. The van der Waals surface area contributed by atoms with E-state index in [-0.39, 0.29) is 0 Å². The van der Waals surface area contributed by atoms with Crippen LogP contribution in [0.4, 0.5) is 0 Å². The second-order valence-electron chi connectivity index (χ2n) is 3.72. The largest absolute Gasteiger partial charge is 0.318 e. The quantitative estimate of drug-likeness (QED) is 0.766. The van der Waals surface area contributed by atoms with Gasteiger partial charge in [-0.2, -0.15) is 0 Å². The summed E-state index contributed by atoms with van der Waals surface area (Å²) in [5.74, 6) is 0. The van der Waals surface area contributed by atoms with E-state index in [2.05, 4.69) is 20.5 Å². The SMILES string of the molecule is CNCCN1CCNCC1.c1ccncc1. The monoisotopic (exact) mass is 222 g/mol. The standard InChI is InChI=1S/C7H17N3.C5H5N/c1-8-2-5-10-6-3-9-4-7-10;1-2-4-6-5-3-1/h8-9H,2-7H2,1H3;1-5H. The molecule has 0 aliphatic carbocycles. The van der Waals surface area contributed by atoms with E-state index in [9.17, 15) is 0 Å². The first-order valence-corrected chi connectivity index (χ1v) is 5.86. The predicted molar refractivity (Wildman–Crippen MR) is 67.5 cm³/mol. The van der Waals surface area contributed by atoms with Crippen molar-refractivity contribution in [1.82, 2.24) is 20.5 Å². The maximum Gasteiger partial charge on any atom is 0.0267 e.